The lowest BCUT2D eigenvalue weighted by molar-refractivity contribution is 0.291. The van der Waals surface area contributed by atoms with Crippen LogP contribution in [0, 0.1) is 13.8 Å². The summed E-state index contributed by atoms with van der Waals surface area (Å²) < 4.78 is 2.12. The van der Waals surface area contributed by atoms with E-state index in [4.69, 9.17) is 5.11 Å². The number of nitrogens with one attached hydrogen (secondary N) is 1. The van der Waals surface area contributed by atoms with Gasteiger partial charge < -0.3 is 10.4 Å². The third kappa shape index (κ3) is 2.04. The molecule has 0 fully saturated rings. The summed E-state index contributed by atoms with van der Waals surface area (Å²) in [7, 11) is 0. The van der Waals surface area contributed by atoms with Crippen molar-refractivity contribution >= 4 is 16.3 Å². The van der Waals surface area contributed by atoms with Gasteiger partial charge in [-0.05, 0) is 13.8 Å². The molecule has 0 aliphatic heterocycles. The second kappa shape index (κ2) is 4.30. The molecule has 0 spiro atoms. The number of imidazole rings is 1. The summed E-state index contributed by atoms with van der Waals surface area (Å²) in [5.41, 5.74) is 2.24. The Labute approximate surface area is 92.6 Å². The van der Waals surface area contributed by atoms with Crippen LogP contribution in [-0.2, 0) is 6.54 Å². The van der Waals surface area contributed by atoms with Gasteiger partial charge in [0.2, 0.25) is 0 Å². The van der Waals surface area contributed by atoms with Crippen LogP contribution in [0.2, 0.25) is 0 Å². The van der Waals surface area contributed by atoms with Crippen molar-refractivity contribution in [3.63, 3.8) is 0 Å². The molecule has 0 atom stereocenters. The highest BCUT2D eigenvalue weighted by Gasteiger charge is 2.09. The largest absolute Gasteiger partial charge is 0.395 e. The normalized spacial score (nSPS) is 11.4. The molecule has 2 aromatic heterocycles. The van der Waals surface area contributed by atoms with Crippen molar-refractivity contribution in [1.29, 1.82) is 0 Å². The molecule has 82 valence electrons. The molecule has 0 aromatic carbocycles. The summed E-state index contributed by atoms with van der Waals surface area (Å²) in [6, 6.07) is 0. The van der Waals surface area contributed by atoms with Crippen molar-refractivity contribution in [2.24, 2.45) is 0 Å². The van der Waals surface area contributed by atoms with E-state index in [1.165, 1.54) is 10.6 Å². The fourth-order valence-electron chi connectivity index (χ4n) is 1.61. The number of aliphatic hydroxyl groups excluding tert-OH is 1. The van der Waals surface area contributed by atoms with Gasteiger partial charge in [-0.15, -0.1) is 11.3 Å². The maximum Gasteiger partial charge on any atom is 0.194 e. The van der Waals surface area contributed by atoms with Crippen molar-refractivity contribution in [2.45, 2.75) is 20.4 Å². The van der Waals surface area contributed by atoms with Crippen LogP contribution in [0.1, 0.15) is 16.3 Å². The predicted octanol–water partition coefficient (Wildman–Crippen LogP) is 1.09. The van der Waals surface area contributed by atoms with Crippen molar-refractivity contribution in [3.8, 4) is 0 Å². The number of thiazole rings is 1. The van der Waals surface area contributed by atoms with Crippen LogP contribution in [0.4, 0.5) is 0 Å². The number of rotatable bonds is 4. The summed E-state index contributed by atoms with van der Waals surface area (Å²) in [4.78, 5) is 6.80. The van der Waals surface area contributed by atoms with Crippen molar-refractivity contribution in [2.75, 3.05) is 13.2 Å². The first-order valence-corrected chi connectivity index (χ1v) is 5.79. The lowest BCUT2D eigenvalue weighted by Gasteiger charge is -2.02. The molecule has 0 bridgehead atoms. The minimum atomic E-state index is 0.170. The fourth-order valence-corrected chi connectivity index (χ4v) is 2.50. The highest BCUT2D eigenvalue weighted by atomic mass is 32.1. The Balaban J connectivity index is 2.27. The van der Waals surface area contributed by atoms with Crippen molar-refractivity contribution in [3.05, 3.63) is 22.5 Å². The number of hydrogen-bond acceptors (Lipinski definition) is 4. The average Bonchev–Trinajstić information content (AvgIpc) is 2.65. The molecule has 0 saturated carbocycles. The van der Waals surface area contributed by atoms with Crippen LogP contribution >= 0.6 is 11.3 Å². The van der Waals surface area contributed by atoms with Gasteiger partial charge in [-0.1, -0.05) is 0 Å². The molecule has 0 aliphatic carbocycles. The number of fused-ring (bicyclic) bond motifs is 1. The third-order valence-corrected chi connectivity index (χ3v) is 3.22. The zero-order valence-electron chi connectivity index (χ0n) is 8.95. The highest BCUT2D eigenvalue weighted by Crippen LogP contribution is 2.20. The first-order valence-electron chi connectivity index (χ1n) is 4.98. The predicted molar refractivity (Wildman–Crippen MR) is 61.3 cm³/mol. The number of aryl methyl sites for hydroxylation is 2. The average molecular weight is 225 g/mol. The Morgan fingerprint density at radius 1 is 1.53 bits per heavy atom. The first kappa shape index (κ1) is 10.6. The molecule has 2 N–H and O–H groups in total. The quantitative estimate of drug-likeness (QED) is 0.766. The molecule has 2 rings (SSSR count). The van der Waals surface area contributed by atoms with E-state index in [0.29, 0.717) is 6.54 Å². The van der Waals surface area contributed by atoms with Crippen LogP contribution in [-0.4, -0.2) is 27.6 Å². The maximum atomic E-state index is 8.70. The van der Waals surface area contributed by atoms with Gasteiger partial charge in [0, 0.05) is 24.2 Å². The van der Waals surface area contributed by atoms with Gasteiger partial charge in [-0.3, -0.25) is 4.40 Å². The molecule has 2 aromatic rings. The molecule has 0 aliphatic rings. The van der Waals surface area contributed by atoms with Crippen LogP contribution < -0.4 is 5.32 Å². The molecular formula is C10H15N3OS. The second-order valence-electron chi connectivity index (χ2n) is 3.54. The van der Waals surface area contributed by atoms with E-state index >= 15 is 0 Å². The molecule has 0 saturated heterocycles. The molecule has 5 heteroatoms. The Bertz CT molecular complexity index is 460. The summed E-state index contributed by atoms with van der Waals surface area (Å²) in [6.45, 7) is 5.65. The summed E-state index contributed by atoms with van der Waals surface area (Å²) >= 11 is 1.70. The van der Waals surface area contributed by atoms with E-state index in [9.17, 15) is 0 Å². The number of nitrogens with zero attached hydrogens (tertiary/aromatic N) is 2. The van der Waals surface area contributed by atoms with Gasteiger partial charge in [0.1, 0.15) is 0 Å². The van der Waals surface area contributed by atoms with E-state index in [-0.39, 0.29) is 6.61 Å². The molecule has 0 amide bonds. The van der Waals surface area contributed by atoms with Crippen LogP contribution in [0.15, 0.2) is 6.20 Å². The third-order valence-electron chi connectivity index (χ3n) is 2.32. The van der Waals surface area contributed by atoms with Gasteiger partial charge in [-0.2, -0.15) is 0 Å². The highest BCUT2D eigenvalue weighted by molar-refractivity contribution is 7.17. The SMILES string of the molecule is Cc1cn2c(CNCCO)c(C)nc2s1. The summed E-state index contributed by atoms with van der Waals surface area (Å²) in [5, 5.41) is 11.9. The lowest BCUT2D eigenvalue weighted by atomic mass is 10.3. The van der Waals surface area contributed by atoms with Gasteiger partial charge in [0.15, 0.2) is 4.96 Å². The topological polar surface area (TPSA) is 49.6 Å². The van der Waals surface area contributed by atoms with Gasteiger partial charge >= 0.3 is 0 Å². The molecule has 0 unspecified atom stereocenters. The van der Waals surface area contributed by atoms with Gasteiger partial charge in [0.25, 0.3) is 0 Å². The lowest BCUT2D eigenvalue weighted by Crippen LogP contribution is -2.18. The zero-order chi connectivity index (χ0) is 10.8. The summed E-state index contributed by atoms with van der Waals surface area (Å²) in [5.74, 6) is 0. The van der Waals surface area contributed by atoms with Crippen molar-refractivity contribution < 1.29 is 5.11 Å². The summed E-state index contributed by atoms with van der Waals surface area (Å²) in [6.07, 6.45) is 2.11. The molecule has 2 heterocycles. The fraction of sp³-hybridized carbons (Fsp3) is 0.500. The molecule has 4 nitrogen and oxygen atoms in total. The van der Waals surface area contributed by atoms with E-state index in [1.54, 1.807) is 11.3 Å². The Hall–Kier alpha value is -0.910. The van der Waals surface area contributed by atoms with Crippen LogP contribution in [0.25, 0.3) is 4.96 Å². The molecular weight excluding hydrogens is 210 g/mol. The molecule has 0 radical (unpaired) electrons. The molecule has 15 heavy (non-hydrogen) atoms. The maximum absolute atomic E-state index is 8.70. The number of hydrogen-bond donors (Lipinski definition) is 2. The smallest absolute Gasteiger partial charge is 0.194 e. The number of aromatic nitrogens is 2. The Morgan fingerprint density at radius 3 is 3.07 bits per heavy atom. The Morgan fingerprint density at radius 2 is 2.33 bits per heavy atom. The van der Waals surface area contributed by atoms with E-state index in [0.717, 1.165) is 17.2 Å². The number of aliphatic hydroxyl groups is 1. The minimum absolute atomic E-state index is 0.170. The van der Waals surface area contributed by atoms with E-state index in [2.05, 4.69) is 27.8 Å². The van der Waals surface area contributed by atoms with E-state index in [1.807, 2.05) is 6.92 Å². The minimum Gasteiger partial charge on any atom is -0.395 e. The first-order chi connectivity index (χ1) is 7.22. The zero-order valence-corrected chi connectivity index (χ0v) is 9.77. The van der Waals surface area contributed by atoms with Gasteiger partial charge in [0.05, 0.1) is 18.0 Å². The monoisotopic (exact) mass is 225 g/mol. The second-order valence-corrected chi connectivity index (χ2v) is 4.75. The van der Waals surface area contributed by atoms with Crippen LogP contribution in [0.5, 0.6) is 0 Å². The standard InChI is InChI=1S/C10H15N3OS/c1-7-6-13-9(5-11-3-4-14)8(2)12-10(13)15-7/h6,11,14H,3-5H2,1-2H3. The Kier molecular flexibility index (Phi) is 3.04. The van der Waals surface area contributed by atoms with Crippen molar-refractivity contribution in [1.82, 2.24) is 14.7 Å². The van der Waals surface area contributed by atoms with Crippen LogP contribution in [0.3, 0.4) is 0 Å². The van der Waals surface area contributed by atoms with Gasteiger partial charge in [-0.25, -0.2) is 4.98 Å². The van der Waals surface area contributed by atoms with E-state index < -0.39 is 0 Å².